The van der Waals surface area contributed by atoms with Gasteiger partial charge < -0.3 is 14.7 Å². The third-order valence-electron chi connectivity index (χ3n) is 3.42. The van der Waals surface area contributed by atoms with Crippen molar-refractivity contribution in [2.24, 2.45) is 0 Å². The molecule has 0 aromatic carbocycles. The Labute approximate surface area is 125 Å². The summed E-state index contributed by atoms with van der Waals surface area (Å²) in [6.07, 6.45) is 1.64. The predicted octanol–water partition coefficient (Wildman–Crippen LogP) is 0.619. The summed E-state index contributed by atoms with van der Waals surface area (Å²) < 4.78 is 5.47. The zero-order valence-electron chi connectivity index (χ0n) is 12.7. The molecule has 0 saturated carbocycles. The minimum atomic E-state index is 0.00208. The number of hydrogen-bond donors (Lipinski definition) is 1. The SMILES string of the molecule is CC(C)Oc1ccc(C(=O)N2CCN(CCO)CC2)cn1. The number of ether oxygens (including phenoxy) is 1. The number of carbonyl (C=O) groups excluding carboxylic acids is 1. The highest BCUT2D eigenvalue weighted by atomic mass is 16.5. The average Bonchev–Trinajstić information content (AvgIpc) is 2.48. The zero-order valence-corrected chi connectivity index (χ0v) is 12.7. The monoisotopic (exact) mass is 293 g/mol. The van der Waals surface area contributed by atoms with Gasteiger partial charge in [-0.25, -0.2) is 4.98 Å². The molecule has 6 nitrogen and oxygen atoms in total. The summed E-state index contributed by atoms with van der Waals surface area (Å²) in [5.74, 6) is 0.538. The number of aromatic nitrogens is 1. The van der Waals surface area contributed by atoms with Crippen molar-refractivity contribution in [2.45, 2.75) is 20.0 Å². The average molecular weight is 293 g/mol. The molecule has 1 N–H and O–H groups in total. The molecule has 1 saturated heterocycles. The molecule has 0 atom stereocenters. The Morgan fingerprint density at radius 2 is 2.05 bits per heavy atom. The van der Waals surface area contributed by atoms with E-state index in [0.717, 1.165) is 13.1 Å². The Balaban J connectivity index is 1.91. The van der Waals surface area contributed by atoms with Crippen molar-refractivity contribution in [1.29, 1.82) is 0 Å². The van der Waals surface area contributed by atoms with Gasteiger partial charge in [0.2, 0.25) is 5.88 Å². The van der Waals surface area contributed by atoms with E-state index in [-0.39, 0.29) is 18.6 Å². The Bertz CT molecular complexity index is 454. The van der Waals surface area contributed by atoms with Crippen molar-refractivity contribution >= 4 is 5.91 Å². The lowest BCUT2D eigenvalue weighted by Gasteiger charge is -2.34. The molecule has 6 heteroatoms. The molecule has 1 aromatic rings. The standard InChI is InChI=1S/C15H23N3O3/c1-12(2)21-14-4-3-13(11-16-14)15(20)18-7-5-17(6-8-18)9-10-19/h3-4,11-12,19H,5-10H2,1-2H3. The van der Waals surface area contributed by atoms with E-state index in [1.165, 1.54) is 0 Å². The number of nitrogens with zero attached hydrogens (tertiary/aromatic N) is 3. The second-order valence-electron chi connectivity index (χ2n) is 5.41. The summed E-state index contributed by atoms with van der Waals surface area (Å²) in [7, 11) is 0. The van der Waals surface area contributed by atoms with Crippen LogP contribution >= 0.6 is 0 Å². The summed E-state index contributed by atoms with van der Waals surface area (Å²) in [5.41, 5.74) is 0.585. The lowest BCUT2D eigenvalue weighted by atomic mass is 10.2. The topological polar surface area (TPSA) is 65.9 Å². The first kappa shape index (κ1) is 15.7. The molecule has 2 heterocycles. The molecule has 0 aliphatic carbocycles. The molecule has 0 radical (unpaired) electrons. The predicted molar refractivity (Wildman–Crippen MR) is 79.4 cm³/mol. The number of hydrogen-bond acceptors (Lipinski definition) is 5. The maximum atomic E-state index is 12.4. The van der Waals surface area contributed by atoms with E-state index in [2.05, 4.69) is 9.88 Å². The van der Waals surface area contributed by atoms with E-state index in [9.17, 15) is 4.79 Å². The zero-order chi connectivity index (χ0) is 15.2. The molecular formula is C15H23N3O3. The number of aliphatic hydroxyl groups is 1. The van der Waals surface area contributed by atoms with Crippen molar-refractivity contribution in [3.63, 3.8) is 0 Å². The molecule has 116 valence electrons. The number of amides is 1. The lowest BCUT2D eigenvalue weighted by molar-refractivity contribution is 0.0614. The second-order valence-corrected chi connectivity index (χ2v) is 5.41. The van der Waals surface area contributed by atoms with Crippen molar-refractivity contribution in [3.8, 4) is 5.88 Å². The van der Waals surface area contributed by atoms with Crippen molar-refractivity contribution in [3.05, 3.63) is 23.9 Å². The van der Waals surface area contributed by atoms with Crippen LogP contribution in [-0.2, 0) is 0 Å². The van der Waals surface area contributed by atoms with Gasteiger partial charge in [-0.05, 0) is 19.9 Å². The van der Waals surface area contributed by atoms with Crippen LogP contribution in [0.3, 0.4) is 0 Å². The Kier molecular flexibility index (Phi) is 5.52. The van der Waals surface area contributed by atoms with Crippen molar-refractivity contribution in [1.82, 2.24) is 14.8 Å². The lowest BCUT2D eigenvalue weighted by Crippen LogP contribution is -2.49. The Morgan fingerprint density at radius 1 is 1.33 bits per heavy atom. The summed E-state index contributed by atoms with van der Waals surface area (Å²) in [4.78, 5) is 20.5. The number of β-amino-alcohol motifs (C(OH)–C–C–N with tert-alkyl or cyclic N) is 1. The van der Waals surface area contributed by atoms with Gasteiger partial charge in [-0.3, -0.25) is 9.69 Å². The molecule has 1 aliphatic rings. The molecule has 1 amide bonds. The quantitative estimate of drug-likeness (QED) is 0.862. The van der Waals surface area contributed by atoms with Crippen LogP contribution < -0.4 is 4.74 Å². The first-order valence-corrected chi connectivity index (χ1v) is 7.35. The van der Waals surface area contributed by atoms with Crippen LogP contribution in [0.4, 0.5) is 0 Å². The van der Waals surface area contributed by atoms with Crippen LogP contribution in [0.1, 0.15) is 24.2 Å². The molecule has 0 bridgehead atoms. The van der Waals surface area contributed by atoms with Crippen LogP contribution in [0.25, 0.3) is 0 Å². The first-order valence-electron chi connectivity index (χ1n) is 7.35. The molecule has 1 fully saturated rings. The highest BCUT2D eigenvalue weighted by molar-refractivity contribution is 5.94. The summed E-state index contributed by atoms with van der Waals surface area (Å²) >= 11 is 0. The maximum Gasteiger partial charge on any atom is 0.255 e. The van der Waals surface area contributed by atoms with Gasteiger partial charge in [0.05, 0.1) is 18.3 Å². The number of carbonyl (C=O) groups is 1. The largest absolute Gasteiger partial charge is 0.475 e. The summed E-state index contributed by atoms with van der Waals surface area (Å²) in [6.45, 7) is 7.67. The van der Waals surface area contributed by atoms with Crippen LogP contribution in [0.5, 0.6) is 5.88 Å². The maximum absolute atomic E-state index is 12.4. The van der Waals surface area contributed by atoms with Crippen LogP contribution in [0.2, 0.25) is 0 Å². The number of aliphatic hydroxyl groups excluding tert-OH is 1. The summed E-state index contributed by atoms with van der Waals surface area (Å²) in [6, 6.07) is 3.49. The van der Waals surface area contributed by atoms with Gasteiger partial charge >= 0.3 is 0 Å². The molecule has 1 aliphatic heterocycles. The fourth-order valence-corrected chi connectivity index (χ4v) is 2.32. The molecule has 21 heavy (non-hydrogen) atoms. The van der Waals surface area contributed by atoms with Crippen molar-refractivity contribution < 1.29 is 14.6 Å². The van der Waals surface area contributed by atoms with E-state index in [1.54, 1.807) is 18.3 Å². The van der Waals surface area contributed by atoms with Gasteiger partial charge in [-0.15, -0.1) is 0 Å². The number of rotatable bonds is 5. The first-order chi connectivity index (χ1) is 10.1. The molecular weight excluding hydrogens is 270 g/mol. The van der Waals surface area contributed by atoms with Crippen LogP contribution in [0.15, 0.2) is 18.3 Å². The van der Waals surface area contributed by atoms with Gasteiger partial charge in [-0.1, -0.05) is 0 Å². The molecule has 0 spiro atoms. The second kappa shape index (κ2) is 7.38. The Hall–Kier alpha value is -1.66. The minimum Gasteiger partial charge on any atom is -0.475 e. The van der Waals surface area contributed by atoms with Gasteiger partial charge in [0.15, 0.2) is 0 Å². The van der Waals surface area contributed by atoms with Gasteiger partial charge in [0, 0.05) is 45.0 Å². The normalized spacial score (nSPS) is 16.3. The van der Waals surface area contributed by atoms with Gasteiger partial charge in [0.25, 0.3) is 5.91 Å². The van der Waals surface area contributed by atoms with E-state index in [1.807, 2.05) is 18.7 Å². The number of piperazine rings is 1. The third-order valence-corrected chi connectivity index (χ3v) is 3.42. The van der Waals surface area contributed by atoms with Crippen molar-refractivity contribution in [2.75, 3.05) is 39.3 Å². The number of pyridine rings is 1. The molecule has 1 aromatic heterocycles. The summed E-state index contributed by atoms with van der Waals surface area (Å²) in [5, 5.41) is 8.92. The molecule has 0 unspecified atom stereocenters. The van der Waals surface area contributed by atoms with Gasteiger partial charge in [-0.2, -0.15) is 0 Å². The minimum absolute atomic E-state index is 0.00208. The smallest absolute Gasteiger partial charge is 0.255 e. The van der Waals surface area contributed by atoms with E-state index in [0.29, 0.717) is 31.1 Å². The van der Waals surface area contributed by atoms with E-state index in [4.69, 9.17) is 9.84 Å². The third kappa shape index (κ3) is 4.41. The fourth-order valence-electron chi connectivity index (χ4n) is 2.32. The Morgan fingerprint density at radius 3 is 2.57 bits per heavy atom. The highest BCUT2D eigenvalue weighted by Gasteiger charge is 2.22. The highest BCUT2D eigenvalue weighted by Crippen LogP contribution is 2.12. The van der Waals surface area contributed by atoms with Gasteiger partial charge in [0.1, 0.15) is 0 Å². The van der Waals surface area contributed by atoms with E-state index < -0.39 is 0 Å². The van der Waals surface area contributed by atoms with E-state index >= 15 is 0 Å². The van der Waals surface area contributed by atoms with Crippen LogP contribution in [0, 0.1) is 0 Å². The molecule has 2 rings (SSSR count). The fraction of sp³-hybridized carbons (Fsp3) is 0.600. The van der Waals surface area contributed by atoms with Crippen LogP contribution in [-0.4, -0.2) is 71.2 Å².